The van der Waals surface area contributed by atoms with Crippen LogP contribution in [-0.2, 0) is 0 Å². The minimum absolute atomic E-state index is 0.320. The van der Waals surface area contributed by atoms with Crippen LogP contribution < -0.4 is 5.32 Å². The van der Waals surface area contributed by atoms with Crippen molar-refractivity contribution in [3.63, 3.8) is 0 Å². The maximum atomic E-state index is 9.17. The van der Waals surface area contributed by atoms with E-state index in [-0.39, 0.29) is 0 Å². The molecule has 16 heavy (non-hydrogen) atoms. The van der Waals surface area contributed by atoms with E-state index in [0.717, 1.165) is 24.9 Å². The molecular weight excluding hydrogens is 198 g/mol. The van der Waals surface area contributed by atoms with Gasteiger partial charge in [-0.15, -0.1) is 0 Å². The second-order valence-corrected chi connectivity index (χ2v) is 5.68. The number of nitrogens with one attached hydrogen (secondary N) is 1. The highest BCUT2D eigenvalue weighted by molar-refractivity contribution is 4.84. The van der Waals surface area contributed by atoms with Crippen molar-refractivity contribution in [1.82, 2.24) is 5.32 Å². The van der Waals surface area contributed by atoms with Gasteiger partial charge in [0.1, 0.15) is 0 Å². The fourth-order valence-electron chi connectivity index (χ4n) is 2.93. The normalized spacial score (nSPS) is 26.2. The monoisotopic (exact) mass is 227 g/mol. The lowest BCUT2D eigenvalue weighted by Crippen LogP contribution is -2.39. The van der Waals surface area contributed by atoms with Gasteiger partial charge in [0.15, 0.2) is 0 Å². The first-order chi connectivity index (χ1) is 7.65. The van der Waals surface area contributed by atoms with Gasteiger partial charge in [-0.05, 0) is 49.9 Å². The van der Waals surface area contributed by atoms with Gasteiger partial charge in [0.25, 0.3) is 0 Å². The Bertz CT molecular complexity index is 189. The van der Waals surface area contributed by atoms with Crippen LogP contribution in [0.25, 0.3) is 0 Å². The summed E-state index contributed by atoms with van der Waals surface area (Å²) in [4.78, 5) is 0. The van der Waals surface area contributed by atoms with Crippen LogP contribution in [0.3, 0.4) is 0 Å². The van der Waals surface area contributed by atoms with Crippen molar-refractivity contribution in [2.45, 2.75) is 65.3 Å². The Kier molecular flexibility index (Phi) is 5.77. The van der Waals surface area contributed by atoms with E-state index in [1.807, 2.05) is 0 Å². The molecule has 0 amide bonds. The summed E-state index contributed by atoms with van der Waals surface area (Å²) in [7, 11) is 0. The summed E-state index contributed by atoms with van der Waals surface area (Å²) in [5.41, 5.74) is 0.320. The van der Waals surface area contributed by atoms with Crippen LogP contribution in [0.5, 0.6) is 0 Å². The lowest BCUT2D eigenvalue weighted by Gasteiger charge is -2.33. The second-order valence-electron chi connectivity index (χ2n) is 5.68. The number of aliphatic hydroxyl groups is 1. The van der Waals surface area contributed by atoms with Gasteiger partial charge in [-0.1, -0.05) is 20.8 Å². The molecule has 2 unspecified atom stereocenters. The lowest BCUT2D eigenvalue weighted by atomic mass is 9.79. The maximum absolute atomic E-state index is 9.17. The summed E-state index contributed by atoms with van der Waals surface area (Å²) in [5, 5.41) is 12.9. The molecule has 2 N–H and O–H groups in total. The van der Waals surface area contributed by atoms with Crippen LogP contribution in [0.1, 0.15) is 59.3 Å². The van der Waals surface area contributed by atoms with E-state index in [2.05, 4.69) is 26.1 Å². The zero-order valence-electron chi connectivity index (χ0n) is 11.3. The third-order valence-electron chi connectivity index (χ3n) is 4.60. The van der Waals surface area contributed by atoms with Gasteiger partial charge in [-0.3, -0.25) is 0 Å². The highest BCUT2D eigenvalue weighted by Gasteiger charge is 2.28. The minimum atomic E-state index is 0.320. The highest BCUT2D eigenvalue weighted by Crippen LogP contribution is 2.31. The van der Waals surface area contributed by atoms with Gasteiger partial charge in [-0.2, -0.15) is 0 Å². The Morgan fingerprint density at radius 3 is 2.38 bits per heavy atom. The molecule has 0 spiro atoms. The first kappa shape index (κ1) is 14.0. The van der Waals surface area contributed by atoms with Crippen molar-refractivity contribution in [3.05, 3.63) is 0 Å². The van der Waals surface area contributed by atoms with Crippen molar-refractivity contribution in [3.8, 4) is 0 Å². The van der Waals surface area contributed by atoms with Gasteiger partial charge in [0.2, 0.25) is 0 Å². The van der Waals surface area contributed by atoms with E-state index in [1.54, 1.807) is 0 Å². The highest BCUT2D eigenvalue weighted by atomic mass is 16.3. The smallest absolute Gasteiger partial charge is 0.0436 e. The lowest BCUT2D eigenvalue weighted by molar-refractivity contribution is 0.159. The second kappa shape index (κ2) is 6.61. The Hall–Kier alpha value is -0.0800. The summed E-state index contributed by atoms with van der Waals surface area (Å²) < 4.78 is 0. The minimum Gasteiger partial charge on any atom is -0.396 e. The molecule has 1 aliphatic rings. The zero-order chi connectivity index (χ0) is 12.0. The third-order valence-corrected chi connectivity index (χ3v) is 4.60. The van der Waals surface area contributed by atoms with Crippen LogP contribution in [-0.4, -0.2) is 24.3 Å². The van der Waals surface area contributed by atoms with E-state index in [0.29, 0.717) is 12.0 Å². The van der Waals surface area contributed by atoms with Crippen molar-refractivity contribution in [2.24, 2.45) is 11.3 Å². The molecule has 2 atom stereocenters. The van der Waals surface area contributed by atoms with Crippen molar-refractivity contribution in [1.29, 1.82) is 0 Å². The Balaban J connectivity index is 2.37. The predicted molar refractivity (Wildman–Crippen MR) is 69.5 cm³/mol. The van der Waals surface area contributed by atoms with E-state index in [9.17, 15) is 5.11 Å². The average molecular weight is 227 g/mol. The van der Waals surface area contributed by atoms with Crippen molar-refractivity contribution >= 4 is 0 Å². The summed E-state index contributed by atoms with van der Waals surface area (Å²) in [6.45, 7) is 8.25. The Morgan fingerprint density at radius 2 is 1.94 bits per heavy atom. The van der Waals surface area contributed by atoms with Crippen molar-refractivity contribution < 1.29 is 5.11 Å². The molecule has 1 fully saturated rings. The average Bonchev–Trinajstić information content (AvgIpc) is 2.71. The van der Waals surface area contributed by atoms with E-state index in [4.69, 9.17) is 0 Å². The standard InChI is InChI=1S/C14H29NO/c1-4-14(5-2,8-9-16)11-15-13-7-6-12(3)10-13/h12-13,15-16H,4-11H2,1-3H3. The first-order valence-corrected chi connectivity index (χ1v) is 7.00. The summed E-state index contributed by atoms with van der Waals surface area (Å²) in [6, 6.07) is 0.728. The predicted octanol–water partition coefficient (Wildman–Crippen LogP) is 2.95. The molecule has 0 aromatic rings. The number of hydrogen-bond acceptors (Lipinski definition) is 2. The molecule has 1 saturated carbocycles. The SMILES string of the molecule is CCC(CC)(CCO)CNC1CCC(C)C1. The molecule has 0 aliphatic heterocycles. The van der Waals surface area contributed by atoms with Gasteiger partial charge in [0, 0.05) is 19.2 Å². The molecule has 96 valence electrons. The van der Waals surface area contributed by atoms with Crippen LogP contribution in [0.2, 0.25) is 0 Å². The maximum Gasteiger partial charge on any atom is 0.0436 e. The molecule has 1 rings (SSSR count). The molecule has 0 bridgehead atoms. The van der Waals surface area contributed by atoms with Crippen LogP contribution >= 0.6 is 0 Å². The summed E-state index contributed by atoms with van der Waals surface area (Å²) in [6.07, 6.45) is 7.32. The number of hydrogen-bond donors (Lipinski definition) is 2. The molecule has 0 heterocycles. The fraction of sp³-hybridized carbons (Fsp3) is 1.00. The van der Waals surface area contributed by atoms with Gasteiger partial charge in [-0.25, -0.2) is 0 Å². The fourth-order valence-corrected chi connectivity index (χ4v) is 2.93. The summed E-state index contributed by atoms with van der Waals surface area (Å²) >= 11 is 0. The molecule has 0 saturated heterocycles. The first-order valence-electron chi connectivity index (χ1n) is 7.00. The molecule has 0 aromatic carbocycles. The van der Waals surface area contributed by atoms with Crippen LogP contribution in [0.4, 0.5) is 0 Å². The molecule has 1 aliphatic carbocycles. The Labute approximate surface area is 101 Å². The van der Waals surface area contributed by atoms with E-state index in [1.165, 1.54) is 32.1 Å². The number of aliphatic hydroxyl groups excluding tert-OH is 1. The summed E-state index contributed by atoms with van der Waals surface area (Å²) in [5.74, 6) is 0.896. The largest absolute Gasteiger partial charge is 0.396 e. The molecule has 2 nitrogen and oxygen atoms in total. The van der Waals surface area contributed by atoms with E-state index < -0.39 is 0 Å². The topological polar surface area (TPSA) is 32.3 Å². The van der Waals surface area contributed by atoms with Gasteiger partial charge >= 0.3 is 0 Å². The Morgan fingerprint density at radius 1 is 1.25 bits per heavy atom. The van der Waals surface area contributed by atoms with E-state index >= 15 is 0 Å². The quantitative estimate of drug-likeness (QED) is 0.701. The molecule has 0 aromatic heterocycles. The molecule has 0 radical (unpaired) electrons. The zero-order valence-corrected chi connectivity index (χ0v) is 11.3. The molecule has 2 heteroatoms. The van der Waals surface area contributed by atoms with Gasteiger partial charge < -0.3 is 10.4 Å². The van der Waals surface area contributed by atoms with Crippen molar-refractivity contribution in [2.75, 3.05) is 13.2 Å². The molecular formula is C14H29NO. The van der Waals surface area contributed by atoms with Crippen LogP contribution in [0.15, 0.2) is 0 Å². The third kappa shape index (κ3) is 3.74. The van der Waals surface area contributed by atoms with Gasteiger partial charge in [0.05, 0.1) is 0 Å². The number of rotatable bonds is 7. The van der Waals surface area contributed by atoms with Crippen LogP contribution in [0, 0.1) is 11.3 Å².